The minimum atomic E-state index is -0.392. The molecule has 2 N–H and O–H groups in total. The van der Waals surface area contributed by atoms with Crippen LogP contribution < -0.4 is 5.56 Å². The summed E-state index contributed by atoms with van der Waals surface area (Å²) in [6.45, 7) is 13.5. The van der Waals surface area contributed by atoms with E-state index in [4.69, 9.17) is 0 Å². The summed E-state index contributed by atoms with van der Waals surface area (Å²) in [5.41, 5.74) is -0.0775. The molecule has 0 aliphatic rings. The highest BCUT2D eigenvalue weighted by Gasteiger charge is 2.19. The maximum Gasteiger partial charge on any atom is 0.259 e. The van der Waals surface area contributed by atoms with Crippen molar-refractivity contribution in [3.05, 3.63) is 27.1 Å². The summed E-state index contributed by atoms with van der Waals surface area (Å²) < 4.78 is 0. The van der Waals surface area contributed by atoms with Gasteiger partial charge in [0, 0.05) is 17.5 Å². The van der Waals surface area contributed by atoms with E-state index in [0.717, 1.165) is 4.83 Å². The number of aromatic nitrogens is 2. The van der Waals surface area contributed by atoms with E-state index in [-0.39, 0.29) is 17.5 Å². The Hall–Kier alpha value is -1.24. The molecular formula is C18H29N3O2S. The number of hydrogen-bond donors (Lipinski definition) is 2. The van der Waals surface area contributed by atoms with Gasteiger partial charge in [-0.15, -0.1) is 11.3 Å². The topological polar surface area (TPSA) is 69.2 Å². The number of aromatic amines is 1. The highest BCUT2D eigenvalue weighted by atomic mass is 32.1. The average Bonchev–Trinajstić information content (AvgIpc) is 2.91. The van der Waals surface area contributed by atoms with E-state index in [9.17, 15) is 9.90 Å². The van der Waals surface area contributed by atoms with E-state index in [1.165, 1.54) is 4.88 Å². The first-order valence-electron chi connectivity index (χ1n) is 8.63. The van der Waals surface area contributed by atoms with E-state index in [1.54, 1.807) is 11.3 Å². The molecule has 134 valence electrons. The van der Waals surface area contributed by atoms with E-state index in [0.29, 0.717) is 30.2 Å². The number of nitrogens with zero attached hydrogens (tertiary/aromatic N) is 2. The van der Waals surface area contributed by atoms with Gasteiger partial charge < -0.3 is 10.1 Å². The molecule has 0 spiro atoms. The van der Waals surface area contributed by atoms with Gasteiger partial charge in [-0.05, 0) is 31.7 Å². The molecule has 24 heavy (non-hydrogen) atoms. The number of hydrogen-bond acceptors (Lipinski definition) is 5. The average molecular weight is 352 g/mol. The van der Waals surface area contributed by atoms with Crippen molar-refractivity contribution < 1.29 is 5.11 Å². The number of fused-ring (bicyclic) bond motifs is 1. The highest BCUT2D eigenvalue weighted by molar-refractivity contribution is 7.18. The van der Waals surface area contributed by atoms with Crippen LogP contribution in [0.5, 0.6) is 0 Å². The standard InChI is InChI=1S/C18H29N3O2S/c1-10(2)14(22)8-21(12(5)6)9-16-19-17(23)13-7-15(11(3)4)24-18(13)20-16/h7,10-12,14,22H,8-9H2,1-6H3,(H,19,20,23). The smallest absolute Gasteiger partial charge is 0.259 e. The van der Waals surface area contributed by atoms with Crippen molar-refractivity contribution in [1.82, 2.24) is 14.9 Å². The van der Waals surface area contributed by atoms with E-state index < -0.39 is 6.10 Å². The van der Waals surface area contributed by atoms with Crippen LogP contribution in [0.1, 0.15) is 58.2 Å². The molecule has 0 saturated carbocycles. The molecule has 6 heteroatoms. The summed E-state index contributed by atoms with van der Waals surface area (Å²) >= 11 is 1.59. The van der Waals surface area contributed by atoms with Crippen molar-refractivity contribution in [2.24, 2.45) is 5.92 Å². The zero-order chi connectivity index (χ0) is 18.0. The molecular weight excluding hydrogens is 322 g/mol. The first-order valence-corrected chi connectivity index (χ1v) is 9.45. The molecule has 0 saturated heterocycles. The first kappa shape index (κ1) is 19.1. The lowest BCUT2D eigenvalue weighted by molar-refractivity contribution is 0.0586. The predicted molar refractivity (Wildman–Crippen MR) is 101 cm³/mol. The Labute approximate surface area is 147 Å². The molecule has 0 aliphatic heterocycles. The Bertz CT molecular complexity index is 733. The van der Waals surface area contributed by atoms with Gasteiger partial charge in [-0.25, -0.2) is 4.98 Å². The minimum absolute atomic E-state index is 0.0775. The van der Waals surface area contributed by atoms with Crippen molar-refractivity contribution in [3.63, 3.8) is 0 Å². The first-order chi connectivity index (χ1) is 11.2. The second kappa shape index (κ2) is 7.76. The summed E-state index contributed by atoms with van der Waals surface area (Å²) in [7, 11) is 0. The van der Waals surface area contributed by atoms with Crippen LogP contribution in [0.15, 0.2) is 10.9 Å². The fourth-order valence-corrected chi connectivity index (χ4v) is 3.51. The monoisotopic (exact) mass is 351 g/mol. The Morgan fingerprint density at radius 3 is 2.46 bits per heavy atom. The minimum Gasteiger partial charge on any atom is -0.392 e. The van der Waals surface area contributed by atoms with Gasteiger partial charge in [-0.1, -0.05) is 27.7 Å². The van der Waals surface area contributed by atoms with Crippen molar-refractivity contribution >= 4 is 21.6 Å². The Morgan fingerprint density at radius 2 is 1.92 bits per heavy atom. The van der Waals surface area contributed by atoms with Crippen LogP contribution in [-0.2, 0) is 6.54 Å². The molecule has 2 rings (SSSR count). The fourth-order valence-electron chi connectivity index (χ4n) is 2.46. The zero-order valence-corrected chi connectivity index (χ0v) is 16.3. The molecule has 0 radical (unpaired) electrons. The normalized spacial score (nSPS) is 13.8. The lowest BCUT2D eigenvalue weighted by Crippen LogP contribution is -2.39. The molecule has 0 aliphatic carbocycles. The number of aliphatic hydroxyl groups excluding tert-OH is 1. The summed E-state index contributed by atoms with van der Waals surface area (Å²) in [5, 5.41) is 10.9. The summed E-state index contributed by atoms with van der Waals surface area (Å²) in [6, 6.07) is 2.21. The molecule has 5 nitrogen and oxygen atoms in total. The Kier molecular flexibility index (Phi) is 6.17. The van der Waals surface area contributed by atoms with Crippen LogP contribution in [0, 0.1) is 5.92 Å². The molecule has 1 atom stereocenters. The number of nitrogens with one attached hydrogen (secondary N) is 1. The zero-order valence-electron chi connectivity index (χ0n) is 15.5. The molecule has 0 fully saturated rings. The molecule has 2 aromatic rings. The predicted octanol–water partition coefficient (Wildman–Crippen LogP) is 3.34. The van der Waals surface area contributed by atoms with Crippen LogP contribution in [0.4, 0.5) is 0 Å². The van der Waals surface area contributed by atoms with E-state index in [2.05, 4.69) is 42.6 Å². The molecule has 0 bridgehead atoms. The van der Waals surface area contributed by atoms with E-state index >= 15 is 0 Å². The van der Waals surface area contributed by atoms with Gasteiger partial charge in [0.15, 0.2) is 0 Å². The highest BCUT2D eigenvalue weighted by Crippen LogP contribution is 2.27. The Morgan fingerprint density at radius 1 is 1.25 bits per heavy atom. The van der Waals surface area contributed by atoms with Crippen molar-refractivity contribution in [3.8, 4) is 0 Å². The van der Waals surface area contributed by atoms with Crippen LogP contribution in [0.3, 0.4) is 0 Å². The quantitative estimate of drug-likeness (QED) is 0.803. The van der Waals surface area contributed by atoms with Gasteiger partial charge in [0.05, 0.1) is 18.0 Å². The van der Waals surface area contributed by atoms with Gasteiger partial charge in [0.2, 0.25) is 0 Å². The molecule has 1 unspecified atom stereocenters. The molecule has 2 heterocycles. The van der Waals surface area contributed by atoms with Crippen LogP contribution >= 0.6 is 11.3 Å². The lowest BCUT2D eigenvalue weighted by atomic mass is 10.1. The summed E-state index contributed by atoms with van der Waals surface area (Å²) in [6.07, 6.45) is -0.392. The van der Waals surface area contributed by atoms with Gasteiger partial charge in [0.1, 0.15) is 10.7 Å². The van der Waals surface area contributed by atoms with Crippen LogP contribution in [0.2, 0.25) is 0 Å². The molecule has 0 aromatic carbocycles. The van der Waals surface area contributed by atoms with E-state index in [1.807, 2.05) is 19.9 Å². The summed E-state index contributed by atoms with van der Waals surface area (Å²) in [5.74, 6) is 1.25. The van der Waals surface area contributed by atoms with Crippen molar-refractivity contribution in [1.29, 1.82) is 0 Å². The van der Waals surface area contributed by atoms with Gasteiger partial charge in [0.25, 0.3) is 5.56 Å². The molecule has 0 amide bonds. The van der Waals surface area contributed by atoms with Gasteiger partial charge >= 0.3 is 0 Å². The fraction of sp³-hybridized carbons (Fsp3) is 0.667. The molecule has 2 aromatic heterocycles. The van der Waals surface area contributed by atoms with Crippen LogP contribution in [-0.4, -0.2) is 38.7 Å². The maximum absolute atomic E-state index is 12.4. The van der Waals surface area contributed by atoms with Crippen molar-refractivity contribution in [2.45, 2.75) is 66.2 Å². The Balaban J connectivity index is 2.28. The third kappa shape index (κ3) is 4.43. The number of aliphatic hydroxyl groups is 1. The summed E-state index contributed by atoms with van der Waals surface area (Å²) in [4.78, 5) is 24.0. The largest absolute Gasteiger partial charge is 0.392 e. The third-order valence-corrected chi connectivity index (χ3v) is 5.64. The number of thiophene rings is 1. The second-order valence-electron chi connectivity index (χ2n) is 7.37. The third-order valence-electron chi connectivity index (χ3n) is 4.31. The second-order valence-corrected chi connectivity index (χ2v) is 8.43. The SMILES string of the molecule is CC(C)c1cc2c(=O)[nH]c(CN(CC(O)C(C)C)C(C)C)nc2s1. The number of H-pyrrole nitrogens is 1. The van der Waals surface area contributed by atoms with Crippen LogP contribution in [0.25, 0.3) is 10.2 Å². The van der Waals surface area contributed by atoms with Gasteiger partial charge in [-0.2, -0.15) is 0 Å². The van der Waals surface area contributed by atoms with Crippen molar-refractivity contribution in [2.75, 3.05) is 6.54 Å². The lowest BCUT2D eigenvalue weighted by Gasteiger charge is -2.29. The van der Waals surface area contributed by atoms with Gasteiger partial charge in [-0.3, -0.25) is 9.69 Å². The number of rotatable bonds is 7. The maximum atomic E-state index is 12.4.